The Morgan fingerprint density at radius 1 is 0.120 bits per heavy atom. The molecule has 0 rings (SSSR count). The van der Waals surface area contributed by atoms with Crippen molar-refractivity contribution in [2.24, 2.45) is 71.0 Å². The van der Waals surface area contributed by atoms with E-state index in [4.69, 9.17) is 0 Å². The van der Waals surface area contributed by atoms with E-state index in [2.05, 4.69) is 390 Å². The number of rotatable bonds is 63. The van der Waals surface area contributed by atoms with Crippen LogP contribution in [0.1, 0.15) is 403 Å². The Hall–Kier alpha value is 4.20. The van der Waals surface area contributed by atoms with Crippen molar-refractivity contribution < 1.29 is 0 Å². The second-order valence-corrected chi connectivity index (χ2v) is 53.9. The third kappa shape index (κ3) is 181. The molecule has 0 atom stereocenters. The first kappa shape index (κ1) is 130. The largest absolute Gasteiger partial charge is 0.162 e. The van der Waals surface area contributed by atoms with E-state index >= 15 is 0 Å². The maximum atomic E-state index is 2.31. The van der Waals surface area contributed by atoms with Gasteiger partial charge in [0.15, 0.2) is 0 Å². The van der Waals surface area contributed by atoms with Crippen molar-refractivity contribution in [1.29, 1.82) is 0 Å². The SMILES string of the molecule is CC(C)CCCCCSC(C)C.CC(C)CCCCCSC(C)C.CC(C)CCCCSCC(C)C.CC(C)CCCCSCC(C)C.CC(C)CCCSCCC(C)C.CC(C)CCCSCCC(C)C.CC(C)CCSCCSC(C)C.CC(C)CSCCCSC(C)C.CC(C)SCCCCSC(C)C. The van der Waals surface area contributed by atoms with Crippen LogP contribution in [0.15, 0.2) is 0 Å². The molecular weight excluding hydrogens is 1540 g/mol. The van der Waals surface area contributed by atoms with E-state index in [0.29, 0.717) is 0 Å². The quantitative estimate of drug-likeness (QED) is 0.0533. The van der Waals surface area contributed by atoms with Gasteiger partial charge in [-0.2, -0.15) is 141 Å². The van der Waals surface area contributed by atoms with Gasteiger partial charge in [-0.05, 0) is 272 Å². The molecule has 0 nitrogen and oxygen atoms in total. The highest BCUT2D eigenvalue weighted by molar-refractivity contribution is 8.03. The molecule has 0 saturated carbocycles. The van der Waals surface area contributed by atoms with Crippen LogP contribution >= 0.6 is 141 Å². The minimum atomic E-state index is 0.802. The Balaban J connectivity index is -0.000000146. The van der Waals surface area contributed by atoms with Crippen molar-refractivity contribution in [3.05, 3.63) is 0 Å². The van der Waals surface area contributed by atoms with Gasteiger partial charge in [0.1, 0.15) is 0 Å². The fourth-order valence-corrected chi connectivity index (χ4v) is 20.9. The molecule has 0 radical (unpaired) electrons. The molecule has 12 heteroatoms. The van der Waals surface area contributed by atoms with E-state index in [1.807, 2.05) is 0 Å². The normalized spacial score (nSPS) is 11.5. The molecule has 0 saturated heterocycles. The van der Waals surface area contributed by atoms with Crippen LogP contribution in [-0.2, 0) is 0 Å². The van der Waals surface area contributed by atoms with E-state index in [1.165, 1.54) is 258 Å². The molecule has 666 valence electrons. The topological polar surface area (TPSA) is 0 Å². The average Bonchev–Trinajstić information content (AvgIpc) is 2.47. The lowest BCUT2D eigenvalue weighted by Crippen LogP contribution is -1.95. The molecule has 0 aliphatic heterocycles. The summed E-state index contributed by atoms with van der Waals surface area (Å²) in [6.45, 7) is 82.5. The smallest absolute Gasteiger partial charge is 0.00261 e. The van der Waals surface area contributed by atoms with Gasteiger partial charge in [0.05, 0.1) is 0 Å². The van der Waals surface area contributed by atoms with Crippen molar-refractivity contribution in [3.8, 4) is 0 Å². The van der Waals surface area contributed by atoms with Gasteiger partial charge < -0.3 is 0 Å². The highest BCUT2D eigenvalue weighted by Gasteiger charge is 2.05. The van der Waals surface area contributed by atoms with E-state index in [1.54, 1.807) is 0 Å². The predicted molar refractivity (Wildman–Crippen MR) is 558 cm³/mol. The van der Waals surface area contributed by atoms with Gasteiger partial charge in [0.25, 0.3) is 0 Å². The molecule has 0 aromatic rings. The lowest BCUT2D eigenvalue weighted by atomic mass is 10.1. The summed E-state index contributed by atoms with van der Waals surface area (Å²) in [5.74, 6) is 34.8. The molecule has 0 aliphatic rings. The van der Waals surface area contributed by atoms with Crippen LogP contribution in [0.5, 0.6) is 0 Å². The summed E-state index contributed by atoms with van der Waals surface area (Å²) in [5, 5.41) is 4.85. The number of thioether (sulfide) groups is 12. The van der Waals surface area contributed by atoms with Gasteiger partial charge in [0.2, 0.25) is 0 Å². The van der Waals surface area contributed by atoms with Crippen LogP contribution in [0.4, 0.5) is 0 Å². The molecule has 0 aromatic carbocycles. The second-order valence-electron chi connectivity index (χ2n) is 36.7. The van der Waals surface area contributed by atoms with Crippen molar-refractivity contribution in [2.45, 2.75) is 435 Å². The van der Waals surface area contributed by atoms with E-state index in [9.17, 15) is 0 Å². The summed E-state index contributed by atoms with van der Waals surface area (Å²) in [5.41, 5.74) is 0. The molecule has 108 heavy (non-hydrogen) atoms. The van der Waals surface area contributed by atoms with Crippen LogP contribution < -0.4 is 0 Å². The molecule has 0 aromatic heterocycles. The summed E-state index contributed by atoms with van der Waals surface area (Å²) in [6.07, 6.45) is 33.7. The predicted octanol–water partition coefficient (Wildman–Crippen LogP) is 37.4. The van der Waals surface area contributed by atoms with Gasteiger partial charge in [-0.25, -0.2) is 0 Å². The zero-order chi connectivity index (χ0) is 84.6. The van der Waals surface area contributed by atoms with Crippen LogP contribution in [0.2, 0.25) is 0 Å². The minimum absolute atomic E-state index is 0.802. The monoisotopic (exact) mass is 1750 g/mol. The summed E-state index contributed by atoms with van der Waals surface area (Å²) in [7, 11) is 0. The fourth-order valence-electron chi connectivity index (χ4n) is 8.89. The highest BCUT2D eigenvalue weighted by atomic mass is 32.2. The van der Waals surface area contributed by atoms with Gasteiger partial charge in [-0.1, -0.05) is 326 Å². The van der Waals surface area contributed by atoms with Crippen LogP contribution in [-0.4, -0.2) is 135 Å². The summed E-state index contributed by atoms with van der Waals surface area (Å²) >= 11 is 25.2. The Morgan fingerprint density at radius 3 is 0.528 bits per heavy atom. The number of hydrogen-bond donors (Lipinski definition) is 0. The molecule has 0 N–H and O–H groups in total. The lowest BCUT2D eigenvalue weighted by molar-refractivity contribution is 0.535. The highest BCUT2D eigenvalue weighted by Crippen LogP contribution is 2.22. The van der Waals surface area contributed by atoms with Crippen molar-refractivity contribution in [3.63, 3.8) is 0 Å². The van der Waals surface area contributed by atoms with Gasteiger partial charge in [0, 0.05) is 11.5 Å². The molecule has 0 amide bonds. The molecular formula is C96H210S12. The number of hydrogen-bond acceptors (Lipinski definition) is 12. The maximum absolute atomic E-state index is 2.31. The first-order valence-corrected chi connectivity index (χ1v) is 59.0. The Kier molecular flexibility index (Phi) is 129. The van der Waals surface area contributed by atoms with Crippen LogP contribution in [0.3, 0.4) is 0 Å². The zero-order valence-corrected chi connectivity index (χ0v) is 90.8. The molecule has 0 heterocycles. The molecule has 0 spiro atoms. The lowest BCUT2D eigenvalue weighted by Gasteiger charge is -2.05. The van der Waals surface area contributed by atoms with Gasteiger partial charge >= 0.3 is 0 Å². The van der Waals surface area contributed by atoms with Crippen molar-refractivity contribution in [1.82, 2.24) is 0 Å². The maximum Gasteiger partial charge on any atom is 0.00261 e. The minimum Gasteiger partial charge on any atom is -0.162 e. The Labute approximate surface area is 743 Å². The van der Waals surface area contributed by atoms with Crippen LogP contribution in [0, 0.1) is 71.0 Å². The molecule has 0 bridgehead atoms. The summed E-state index contributed by atoms with van der Waals surface area (Å²) in [6, 6.07) is 0. The molecule has 0 unspecified atom stereocenters. The van der Waals surface area contributed by atoms with E-state index in [0.717, 1.165) is 103 Å². The summed E-state index contributed by atoms with van der Waals surface area (Å²) in [4.78, 5) is 0. The molecule has 0 aliphatic carbocycles. The zero-order valence-electron chi connectivity index (χ0n) is 81.0. The van der Waals surface area contributed by atoms with E-state index in [-0.39, 0.29) is 0 Å². The van der Waals surface area contributed by atoms with Crippen LogP contribution in [0.25, 0.3) is 0 Å². The average molecular weight is 1750 g/mol. The van der Waals surface area contributed by atoms with E-state index < -0.39 is 0 Å². The Morgan fingerprint density at radius 2 is 0.296 bits per heavy atom. The Bertz CT molecular complexity index is 1030. The molecule has 0 fully saturated rings. The number of unbranched alkanes of at least 4 members (excludes halogenated alkanes) is 7. The van der Waals surface area contributed by atoms with Crippen molar-refractivity contribution in [2.75, 3.05) is 104 Å². The second kappa shape index (κ2) is 107. The first-order valence-electron chi connectivity index (χ1n) is 45.8. The first-order chi connectivity index (χ1) is 50.6. The fraction of sp³-hybridized carbons (Fsp3) is 1.00. The van der Waals surface area contributed by atoms with Gasteiger partial charge in [-0.3, -0.25) is 0 Å². The van der Waals surface area contributed by atoms with Gasteiger partial charge in [-0.15, -0.1) is 0 Å². The standard InChI is InChI=1S/6C11H24S.3C10H22S2/c2*1-10(2)6-5-8-12-9-7-11(3)4;2*1-10(2)7-5-6-8-12-9-11(3)4;2*1-10(2)8-6-5-7-9-12-11(3)4;1-9(2)5-6-11-7-8-12-10(3)4;1-9(2)8-11-6-5-7-12-10(3)4;1-9(2)11-7-5-6-8-12-10(3)4/h6*10-11H,5-9H2,1-4H3;3*9-10H,5-8H2,1-4H3. The summed E-state index contributed by atoms with van der Waals surface area (Å²) < 4.78 is 0. The van der Waals surface area contributed by atoms with Crippen molar-refractivity contribution >= 4 is 141 Å². The third-order valence-corrected chi connectivity index (χ3v) is 30.4. The third-order valence-electron chi connectivity index (χ3n) is 15.4.